The maximum atomic E-state index is 4.55. The molecule has 3 rings (SSSR count). The van der Waals surface area contributed by atoms with Crippen LogP contribution in [0.3, 0.4) is 0 Å². The highest BCUT2D eigenvalue weighted by atomic mass is 15.1. The zero-order valence-corrected chi connectivity index (χ0v) is 12.1. The van der Waals surface area contributed by atoms with E-state index in [4.69, 9.17) is 0 Å². The van der Waals surface area contributed by atoms with Gasteiger partial charge in [-0.1, -0.05) is 45.9 Å². The molecule has 0 bridgehead atoms. The lowest BCUT2D eigenvalue weighted by Crippen LogP contribution is -2.10. The van der Waals surface area contributed by atoms with Gasteiger partial charge in [0.05, 0.1) is 5.52 Å². The van der Waals surface area contributed by atoms with E-state index in [9.17, 15) is 0 Å². The van der Waals surface area contributed by atoms with Crippen LogP contribution in [0.2, 0.25) is 0 Å². The summed E-state index contributed by atoms with van der Waals surface area (Å²) in [5.41, 5.74) is 1.79. The molecule has 1 heterocycles. The minimum Gasteiger partial charge on any atom is -0.354 e. The van der Waals surface area contributed by atoms with Gasteiger partial charge in [-0.3, -0.25) is 0 Å². The Balaban J connectivity index is 1.73. The molecule has 1 N–H and O–H groups in total. The number of rotatable bonds is 3. The standard InChI is InChI=1S/C16H21N3/c1-15(2)13(16(15,3)4)10-18-14-17-9-11-7-5-6-8-12(11)19-14/h5-9,13H,10H2,1-4H3,(H,17,18,19). The molecular weight excluding hydrogens is 234 g/mol. The highest BCUT2D eigenvalue weighted by Crippen LogP contribution is 2.68. The van der Waals surface area contributed by atoms with Crippen molar-refractivity contribution in [3.8, 4) is 0 Å². The van der Waals surface area contributed by atoms with Gasteiger partial charge in [-0.15, -0.1) is 0 Å². The monoisotopic (exact) mass is 255 g/mol. The van der Waals surface area contributed by atoms with Crippen LogP contribution in [0.4, 0.5) is 5.95 Å². The van der Waals surface area contributed by atoms with Gasteiger partial charge < -0.3 is 5.32 Å². The fourth-order valence-electron chi connectivity index (χ4n) is 3.09. The zero-order valence-electron chi connectivity index (χ0n) is 12.1. The highest BCUT2D eigenvalue weighted by Gasteiger charge is 2.64. The van der Waals surface area contributed by atoms with Crippen LogP contribution < -0.4 is 5.32 Å². The quantitative estimate of drug-likeness (QED) is 0.908. The van der Waals surface area contributed by atoms with E-state index in [1.54, 1.807) is 0 Å². The molecular formula is C16H21N3. The number of anilines is 1. The molecule has 100 valence electrons. The van der Waals surface area contributed by atoms with Crippen LogP contribution in [-0.2, 0) is 0 Å². The zero-order chi connectivity index (χ0) is 13.7. The van der Waals surface area contributed by atoms with E-state index >= 15 is 0 Å². The van der Waals surface area contributed by atoms with Gasteiger partial charge in [0.15, 0.2) is 0 Å². The van der Waals surface area contributed by atoms with Gasteiger partial charge in [0.2, 0.25) is 5.95 Å². The van der Waals surface area contributed by atoms with Crippen molar-refractivity contribution in [2.45, 2.75) is 27.7 Å². The van der Waals surface area contributed by atoms with Crippen LogP contribution in [0, 0.1) is 16.7 Å². The van der Waals surface area contributed by atoms with Crippen molar-refractivity contribution >= 4 is 16.9 Å². The summed E-state index contributed by atoms with van der Waals surface area (Å²) >= 11 is 0. The Kier molecular flexibility index (Phi) is 2.56. The van der Waals surface area contributed by atoms with E-state index in [1.807, 2.05) is 30.5 Å². The first-order valence-electron chi connectivity index (χ1n) is 6.88. The molecule has 3 heteroatoms. The van der Waals surface area contributed by atoms with Crippen molar-refractivity contribution in [1.82, 2.24) is 9.97 Å². The fraction of sp³-hybridized carbons (Fsp3) is 0.500. The number of fused-ring (bicyclic) bond motifs is 1. The summed E-state index contributed by atoms with van der Waals surface area (Å²) in [7, 11) is 0. The van der Waals surface area contributed by atoms with Crippen molar-refractivity contribution in [3.05, 3.63) is 30.5 Å². The molecule has 1 fully saturated rings. The Labute approximate surface area is 114 Å². The summed E-state index contributed by atoms with van der Waals surface area (Å²) in [6.45, 7) is 10.3. The third-order valence-electron chi connectivity index (χ3n) is 5.27. The minimum atomic E-state index is 0.400. The van der Waals surface area contributed by atoms with Crippen molar-refractivity contribution < 1.29 is 0 Å². The first-order chi connectivity index (χ1) is 8.93. The number of nitrogens with zero attached hydrogens (tertiary/aromatic N) is 2. The van der Waals surface area contributed by atoms with Crippen LogP contribution in [0.1, 0.15) is 27.7 Å². The van der Waals surface area contributed by atoms with Crippen LogP contribution in [0.5, 0.6) is 0 Å². The van der Waals surface area contributed by atoms with Crippen molar-refractivity contribution in [2.24, 2.45) is 16.7 Å². The number of hydrogen-bond donors (Lipinski definition) is 1. The van der Waals surface area contributed by atoms with Crippen LogP contribution >= 0.6 is 0 Å². The summed E-state index contributed by atoms with van der Waals surface area (Å²) in [6, 6.07) is 8.07. The van der Waals surface area contributed by atoms with E-state index in [1.165, 1.54) is 0 Å². The Morgan fingerprint density at radius 2 is 1.79 bits per heavy atom. The normalized spacial score (nSPS) is 20.4. The lowest BCUT2D eigenvalue weighted by molar-refractivity contribution is 0.457. The second-order valence-electron chi connectivity index (χ2n) is 6.63. The summed E-state index contributed by atoms with van der Waals surface area (Å²) in [5.74, 6) is 1.41. The summed E-state index contributed by atoms with van der Waals surface area (Å²) < 4.78 is 0. The molecule has 2 aromatic rings. The van der Waals surface area contributed by atoms with Gasteiger partial charge in [0.25, 0.3) is 0 Å². The topological polar surface area (TPSA) is 37.8 Å². The lowest BCUT2D eigenvalue weighted by Gasteiger charge is -2.06. The number of nitrogens with one attached hydrogen (secondary N) is 1. The second-order valence-corrected chi connectivity index (χ2v) is 6.63. The van der Waals surface area contributed by atoms with Gasteiger partial charge >= 0.3 is 0 Å². The first-order valence-corrected chi connectivity index (χ1v) is 6.88. The van der Waals surface area contributed by atoms with E-state index in [-0.39, 0.29) is 0 Å². The summed E-state index contributed by atoms with van der Waals surface area (Å²) in [4.78, 5) is 8.93. The minimum absolute atomic E-state index is 0.400. The molecule has 1 aromatic heterocycles. The van der Waals surface area contributed by atoms with Gasteiger partial charge in [0, 0.05) is 18.1 Å². The molecule has 0 atom stereocenters. The smallest absolute Gasteiger partial charge is 0.223 e. The van der Waals surface area contributed by atoms with E-state index in [0.717, 1.165) is 23.4 Å². The van der Waals surface area contributed by atoms with Crippen molar-refractivity contribution in [2.75, 3.05) is 11.9 Å². The molecule has 1 saturated carbocycles. The Morgan fingerprint density at radius 3 is 2.47 bits per heavy atom. The molecule has 0 saturated heterocycles. The fourth-order valence-corrected chi connectivity index (χ4v) is 3.09. The Hall–Kier alpha value is -1.64. The van der Waals surface area contributed by atoms with Gasteiger partial charge in [-0.2, -0.15) is 0 Å². The largest absolute Gasteiger partial charge is 0.354 e. The van der Waals surface area contributed by atoms with Crippen molar-refractivity contribution in [3.63, 3.8) is 0 Å². The maximum Gasteiger partial charge on any atom is 0.223 e. The third kappa shape index (κ3) is 1.88. The number of hydrogen-bond acceptors (Lipinski definition) is 3. The summed E-state index contributed by atoms with van der Waals surface area (Å²) in [6.07, 6.45) is 1.88. The SMILES string of the molecule is CC1(C)C(CNc2ncc3ccccc3n2)C1(C)C. The van der Waals surface area contributed by atoms with E-state index < -0.39 is 0 Å². The molecule has 1 aliphatic rings. The van der Waals surface area contributed by atoms with Crippen LogP contribution in [0.25, 0.3) is 10.9 Å². The highest BCUT2D eigenvalue weighted by molar-refractivity contribution is 5.78. The van der Waals surface area contributed by atoms with Crippen LogP contribution in [0.15, 0.2) is 30.5 Å². The molecule has 0 amide bonds. The molecule has 3 nitrogen and oxygen atoms in total. The van der Waals surface area contributed by atoms with Crippen molar-refractivity contribution in [1.29, 1.82) is 0 Å². The molecule has 0 spiro atoms. The average Bonchev–Trinajstić information content (AvgIpc) is 2.77. The second kappa shape index (κ2) is 3.92. The lowest BCUT2D eigenvalue weighted by atomic mass is 10.0. The molecule has 1 aromatic carbocycles. The number of para-hydroxylation sites is 1. The first kappa shape index (κ1) is 12.4. The average molecular weight is 255 g/mol. The Morgan fingerprint density at radius 1 is 1.11 bits per heavy atom. The third-order valence-corrected chi connectivity index (χ3v) is 5.27. The van der Waals surface area contributed by atoms with E-state index in [0.29, 0.717) is 16.7 Å². The number of aromatic nitrogens is 2. The van der Waals surface area contributed by atoms with Gasteiger partial charge in [-0.05, 0) is 22.8 Å². The maximum absolute atomic E-state index is 4.55. The van der Waals surface area contributed by atoms with Gasteiger partial charge in [-0.25, -0.2) is 9.97 Å². The van der Waals surface area contributed by atoms with Crippen LogP contribution in [-0.4, -0.2) is 16.5 Å². The number of benzene rings is 1. The predicted molar refractivity (Wildman–Crippen MR) is 79.1 cm³/mol. The molecule has 0 unspecified atom stereocenters. The van der Waals surface area contributed by atoms with Gasteiger partial charge in [0.1, 0.15) is 0 Å². The molecule has 0 aliphatic heterocycles. The molecule has 19 heavy (non-hydrogen) atoms. The Bertz CT molecular complexity index is 602. The molecule has 1 aliphatic carbocycles. The summed E-state index contributed by atoms with van der Waals surface area (Å²) in [5, 5.41) is 4.47. The van der Waals surface area contributed by atoms with E-state index in [2.05, 4.69) is 43.0 Å². The molecule has 0 radical (unpaired) electrons. The predicted octanol–water partition coefficient (Wildman–Crippen LogP) is 3.72.